The molecule has 0 N–H and O–H groups in total. The van der Waals surface area contributed by atoms with Gasteiger partial charge in [0.25, 0.3) is 0 Å². The molecule has 0 spiro atoms. The fraction of sp³-hybridized carbons (Fsp3) is 0.500. The molecule has 1 aromatic carbocycles. The van der Waals surface area contributed by atoms with Crippen molar-refractivity contribution in [1.82, 2.24) is 0 Å². The van der Waals surface area contributed by atoms with Gasteiger partial charge in [-0.15, -0.1) is 0 Å². The summed E-state index contributed by atoms with van der Waals surface area (Å²) in [5, 5.41) is 0. The van der Waals surface area contributed by atoms with Crippen molar-refractivity contribution in [2.45, 2.75) is 31.9 Å². The molecule has 0 saturated heterocycles. The number of hydrogen-bond donors (Lipinski definition) is 0. The fourth-order valence-corrected chi connectivity index (χ4v) is 3.61. The molecule has 1 rings (SSSR count). The van der Waals surface area contributed by atoms with E-state index in [0.29, 0.717) is 4.75 Å². The highest BCUT2D eigenvalue weighted by atomic mass is 79.9. The molecule has 0 aromatic heterocycles. The standard InChI is InChI=1S/C12H17BrS2/c1-12(2,3)15-14-9-8-10-4-6-11(13)7-5-10/h4-7H,8-9H2,1-3H3. The van der Waals surface area contributed by atoms with Gasteiger partial charge in [0.15, 0.2) is 0 Å². The smallest absolute Gasteiger partial charge is 0.0179 e. The van der Waals surface area contributed by atoms with E-state index in [1.54, 1.807) is 0 Å². The highest BCUT2D eigenvalue weighted by Gasteiger charge is 2.10. The summed E-state index contributed by atoms with van der Waals surface area (Å²) in [5.41, 5.74) is 1.42. The Labute approximate surface area is 109 Å². The van der Waals surface area contributed by atoms with Crippen molar-refractivity contribution in [1.29, 1.82) is 0 Å². The zero-order chi connectivity index (χ0) is 11.3. The Morgan fingerprint density at radius 2 is 1.73 bits per heavy atom. The Morgan fingerprint density at radius 1 is 1.13 bits per heavy atom. The summed E-state index contributed by atoms with van der Waals surface area (Å²) in [6.45, 7) is 6.76. The van der Waals surface area contributed by atoms with Crippen molar-refractivity contribution in [3.05, 3.63) is 34.3 Å². The van der Waals surface area contributed by atoms with Gasteiger partial charge in [0.2, 0.25) is 0 Å². The summed E-state index contributed by atoms with van der Waals surface area (Å²) < 4.78 is 1.52. The van der Waals surface area contributed by atoms with E-state index >= 15 is 0 Å². The molecule has 0 amide bonds. The fourth-order valence-electron chi connectivity index (χ4n) is 1.03. The Morgan fingerprint density at radius 3 is 2.27 bits per heavy atom. The van der Waals surface area contributed by atoms with E-state index in [9.17, 15) is 0 Å². The van der Waals surface area contributed by atoms with Gasteiger partial charge in [0, 0.05) is 15.0 Å². The van der Waals surface area contributed by atoms with Gasteiger partial charge in [-0.25, -0.2) is 0 Å². The number of hydrogen-bond acceptors (Lipinski definition) is 2. The molecule has 0 atom stereocenters. The lowest BCUT2D eigenvalue weighted by Crippen LogP contribution is -2.04. The van der Waals surface area contributed by atoms with Crippen molar-refractivity contribution in [3.8, 4) is 0 Å². The molecule has 15 heavy (non-hydrogen) atoms. The molecule has 0 heterocycles. The summed E-state index contributed by atoms with van der Waals surface area (Å²) in [5.74, 6) is 1.18. The normalized spacial score (nSPS) is 11.7. The highest BCUT2D eigenvalue weighted by Crippen LogP contribution is 2.35. The van der Waals surface area contributed by atoms with Crippen LogP contribution in [0.25, 0.3) is 0 Å². The molecule has 0 bridgehead atoms. The average Bonchev–Trinajstić information content (AvgIpc) is 2.14. The molecule has 0 fully saturated rings. The third kappa shape index (κ3) is 6.54. The minimum absolute atomic E-state index is 0.365. The first-order valence-corrected chi connectivity index (χ1v) is 8.14. The maximum atomic E-state index is 3.44. The average molecular weight is 305 g/mol. The minimum atomic E-state index is 0.365. The lowest BCUT2D eigenvalue weighted by molar-refractivity contribution is 0.810. The lowest BCUT2D eigenvalue weighted by atomic mass is 10.2. The first-order chi connectivity index (χ1) is 6.97. The number of rotatable bonds is 4. The van der Waals surface area contributed by atoms with E-state index in [1.165, 1.54) is 11.3 Å². The summed E-state index contributed by atoms with van der Waals surface area (Å²) in [6, 6.07) is 8.59. The van der Waals surface area contributed by atoms with E-state index in [1.807, 2.05) is 21.6 Å². The van der Waals surface area contributed by atoms with Crippen LogP contribution in [0.1, 0.15) is 26.3 Å². The van der Waals surface area contributed by atoms with Crippen molar-refractivity contribution < 1.29 is 0 Å². The molecule has 0 nitrogen and oxygen atoms in total. The quantitative estimate of drug-likeness (QED) is 0.556. The molecule has 84 valence electrons. The molecule has 0 radical (unpaired) electrons. The first-order valence-electron chi connectivity index (χ1n) is 5.02. The van der Waals surface area contributed by atoms with Gasteiger partial charge in [-0.2, -0.15) is 0 Å². The summed E-state index contributed by atoms with van der Waals surface area (Å²) in [7, 11) is 3.93. The maximum absolute atomic E-state index is 3.44. The van der Waals surface area contributed by atoms with Crippen LogP contribution >= 0.6 is 37.5 Å². The first kappa shape index (κ1) is 13.5. The Hall–Kier alpha value is 0.400. The monoisotopic (exact) mass is 304 g/mol. The topological polar surface area (TPSA) is 0 Å². The van der Waals surface area contributed by atoms with Gasteiger partial charge < -0.3 is 0 Å². The van der Waals surface area contributed by atoms with Crippen molar-refractivity contribution in [2.75, 3.05) is 5.75 Å². The zero-order valence-corrected chi connectivity index (χ0v) is 12.6. The van der Waals surface area contributed by atoms with E-state index in [0.717, 1.165) is 10.9 Å². The predicted molar refractivity (Wildman–Crippen MR) is 77.6 cm³/mol. The Bertz CT molecular complexity index is 287. The third-order valence-electron chi connectivity index (χ3n) is 1.70. The van der Waals surface area contributed by atoms with E-state index in [2.05, 4.69) is 61.0 Å². The second-order valence-electron chi connectivity index (χ2n) is 4.39. The second-order valence-corrected chi connectivity index (χ2v) is 8.55. The van der Waals surface area contributed by atoms with Gasteiger partial charge >= 0.3 is 0 Å². The van der Waals surface area contributed by atoms with E-state index in [-0.39, 0.29) is 0 Å². The van der Waals surface area contributed by atoms with Gasteiger partial charge in [0.1, 0.15) is 0 Å². The molecule has 0 aliphatic heterocycles. The van der Waals surface area contributed by atoms with Crippen LogP contribution in [0.3, 0.4) is 0 Å². The predicted octanol–water partition coefficient (Wildman–Crippen LogP) is 5.17. The molecule has 1 aromatic rings. The largest absolute Gasteiger partial charge is 0.0933 e. The van der Waals surface area contributed by atoms with Gasteiger partial charge in [-0.05, 0) is 24.1 Å². The molecule has 0 aliphatic rings. The van der Waals surface area contributed by atoms with E-state index < -0.39 is 0 Å². The second kappa shape index (κ2) is 6.21. The van der Waals surface area contributed by atoms with Crippen LogP contribution in [0.2, 0.25) is 0 Å². The Balaban J connectivity index is 2.23. The Kier molecular flexibility index (Phi) is 5.58. The maximum Gasteiger partial charge on any atom is 0.0179 e. The molecular formula is C12H17BrS2. The van der Waals surface area contributed by atoms with Crippen LogP contribution < -0.4 is 0 Å². The summed E-state index contributed by atoms with van der Waals surface area (Å²) in [4.78, 5) is 0. The van der Waals surface area contributed by atoms with Crippen LogP contribution in [0.5, 0.6) is 0 Å². The minimum Gasteiger partial charge on any atom is -0.0933 e. The van der Waals surface area contributed by atoms with Crippen molar-refractivity contribution in [3.63, 3.8) is 0 Å². The summed E-state index contributed by atoms with van der Waals surface area (Å²) in [6.07, 6.45) is 1.15. The van der Waals surface area contributed by atoms with Gasteiger partial charge in [0.05, 0.1) is 0 Å². The van der Waals surface area contributed by atoms with Gasteiger partial charge in [-0.3, -0.25) is 0 Å². The van der Waals surface area contributed by atoms with Crippen LogP contribution in [0.15, 0.2) is 28.7 Å². The van der Waals surface area contributed by atoms with Crippen molar-refractivity contribution in [2.24, 2.45) is 0 Å². The van der Waals surface area contributed by atoms with Crippen LogP contribution in [0, 0.1) is 0 Å². The molecule has 0 saturated carbocycles. The molecule has 0 unspecified atom stereocenters. The SMILES string of the molecule is CC(C)(C)SSCCc1ccc(Br)cc1. The lowest BCUT2D eigenvalue weighted by Gasteiger charge is -2.15. The van der Waals surface area contributed by atoms with Crippen molar-refractivity contribution >= 4 is 37.5 Å². The highest BCUT2D eigenvalue weighted by molar-refractivity contribution is 9.10. The summed E-state index contributed by atoms with van der Waals surface area (Å²) >= 11 is 3.44. The molecular weight excluding hydrogens is 288 g/mol. The number of benzene rings is 1. The van der Waals surface area contributed by atoms with Crippen LogP contribution in [-0.4, -0.2) is 10.5 Å². The number of aryl methyl sites for hydroxylation is 1. The molecule has 3 heteroatoms. The molecule has 0 aliphatic carbocycles. The van der Waals surface area contributed by atoms with E-state index in [4.69, 9.17) is 0 Å². The van der Waals surface area contributed by atoms with Crippen LogP contribution in [0.4, 0.5) is 0 Å². The van der Waals surface area contributed by atoms with Crippen LogP contribution in [-0.2, 0) is 6.42 Å². The number of halogens is 1. The zero-order valence-electron chi connectivity index (χ0n) is 9.42. The van der Waals surface area contributed by atoms with Gasteiger partial charge in [-0.1, -0.05) is 70.4 Å². The third-order valence-corrected chi connectivity index (χ3v) is 5.57.